The van der Waals surface area contributed by atoms with Gasteiger partial charge >= 0.3 is 6.09 Å². The molecule has 9 heteroatoms. The van der Waals surface area contributed by atoms with Crippen LogP contribution in [0.15, 0.2) is 77.6 Å². The normalized spacial score (nSPS) is 11.5. The minimum atomic E-state index is -4.13. The quantitative estimate of drug-likeness (QED) is 0.514. The summed E-state index contributed by atoms with van der Waals surface area (Å²) in [7, 11) is -4.13. The minimum Gasteiger partial charge on any atom is -0.464 e. The standard InChI is InChI=1S/C21H16N2O5S2/c1-30(27,28)23(21(25)26)20-18(14-8-4-2-5-9-14)16-12-13-17(24)22(19(16)29-20)15-10-6-3-7-11-15/h2-13H,1H3,(H,25,26). The van der Waals surface area contributed by atoms with Gasteiger partial charge in [-0.25, -0.2) is 13.2 Å². The fraction of sp³-hybridized carbons (Fsp3) is 0.0476. The Morgan fingerprint density at radius 2 is 1.57 bits per heavy atom. The van der Waals surface area contributed by atoms with E-state index in [1.54, 1.807) is 54.6 Å². The number of fused-ring (bicyclic) bond motifs is 1. The van der Waals surface area contributed by atoms with Crippen LogP contribution >= 0.6 is 11.3 Å². The van der Waals surface area contributed by atoms with Crippen LogP contribution in [0.1, 0.15) is 0 Å². The minimum absolute atomic E-state index is 0.0153. The van der Waals surface area contributed by atoms with Crippen molar-refractivity contribution < 1.29 is 18.3 Å². The second-order valence-corrected chi connectivity index (χ2v) is 9.33. The van der Waals surface area contributed by atoms with E-state index >= 15 is 0 Å². The average Bonchev–Trinajstić information content (AvgIpc) is 3.06. The number of rotatable bonds is 4. The highest BCUT2D eigenvalue weighted by molar-refractivity contribution is 7.93. The lowest BCUT2D eigenvalue weighted by Crippen LogP contribution is -2.34. The number of carboxylic acid groups (broad SMARTS) is 1. The molecule has 0 saturated carbocycles. The first-order valence-electron chi connectivity index (χ1n) is 8.81. The molecule has 2 aromatic heterocycles. The monoisotopic (exact) mass is 440 g/mol. The van der Waals surface area contributed by atoms with Crippen LogP contribution in [0.2, 0.25) is 0 Å². The van der Waals surface area contributed by atoms with Crippen LogP contribution < -0.4 is 9.86 Å². The topological polar surface area (TPSA) is 96.7 Å². The molecule has 30 heavy (non-hydrogen) atoms. The van der Waals surface area contributed by atoms with Crippen LogP contribution in [0.25, 0.3) is 27.0 Å². The van der Waals surface area contributed by atoms with Crippen LogP contribution in [0.3, 0.4) is 0 Å². The van der Waals surface area contributed by atoms with E-state index in [-0.39, 0.29) is 10.6 Å². The lowest BCUT2D eigenvalue weighted by Gasteiger charge is -2.16. The maximum Gasteiger partial charge on any atom is 0.426 e. The van der Waals surface area contributed by atoms with E-state index in [1.165, 1.54) is 10.6 Å². The molecule has 0 saturated heterocycles. The molecule has 0 spiro atoms. The van der Waals surface area contributed by atoms with Crippen LogP contribution in [0, 0.1) is 0 Å². The second-order valence-electron chi connectivity index (χ2n) is 6.52. The van der Waals surface area contributed by atoms with E-state index in [0.29, 0.717) is 31.3 Å². The molecular formula is C21H16N2O5S2. The lowest BCUT2D eigenvalue weighted by atomic mass is 10.0. The van der Waals surface area contributed by atoms with Gasteiger partial charge in [-0.15, -0.1) is 0 Å². The summed E-state index contributed by atoms with van der Waals surface area (Å²) in [6, 6.07) is 20.8. The fourth-order valence-electron chi connectivity index (χ4n) is 3.30. The van der Waals surface area contributed by atoms with E-state index in [4.69, 9.17) is 0 Å². The van der Waals surface area contributed by atoms with Crippen molar-refractivity contribution in [2.45, 2.75) is 0 Å². The molecule has 0 radical (unpaired) electrons. The lowest BCUT2D eigenvalue weighted by molar-refractivity contribution is 0.206. The summed E-state index contributed by atoms with van der Waals surface area (Å²) in [6.07, 6.45) is -0.778. The Morgan fingerprint density at radius 1 is 0.967 bits per heavy atom. The molecule has 7 nitrogen and oxygen atoms in total. The number of thiophene rings is 1. The molecule has 0 fully saturated rings. The number of nitrogens with zero attached hydrogens (tertiary/aromatic N) is 2. The van der Waals surface area contributed by atoms with Crippen molar-refractivity contribution in [1.82, 2.24) is 4.57 Å². The van der Waals surface area contributed by atoms with Crippen molar-refractivity contribution in [3.63, 3.8) is 0 Å². The summed E-state index contributed by atoms with van der Waals surface area (Å²) < 4.78 is 26.5. The highest BCUT2D eigenvalue weighted by Gasteiger charge is 2.31. The molecular weight excluding hydrogens is 424 g/mol. The van der Waals surface area contributed by atoms with Gasteiger partial charge in [0, 0.05) is 17.0 Å². The smallest absolute Gasteiger partial charge is 0.426 e. The summed E-state index contributed by atoms with van der Waals surface area (Å²) in [5.41, 5.74) is 1.38. The molecule has 0 aliphatic rings. The maximum atomic E-state index is 12.7. The van der Waals surface area contributed by atoms with Crippen molar-refractivity contribution >= 4 is 42.7 Å². The molecule has 2 aromatic carbocycles. The molecule has 4 rings (SSSR count). The molecule has 0 atom stereocenters. The van der Waals surface area contributed by atoms with Crippen molar-refractivity contribution in [2.75, 3.05) is 10.6 Å². The number of sulfonamides is 1. The van der Waals surface area contributed by atoms with Gasteiger partial charge < -0.3 is 5.11 Å². The molecule has 0 aliphatic heterocycles. The number of hydrogen-bond donors (Lipinski definition) is 1. The Bertz CT molecular complexity index is 1410. The molecule has 152 valence electrons. The number of aromatic nitrogens is 1. The average molecular weight is 441 g/mol. The molecule has 1 amide bonds. The maximum absolute atomic E-state index is 12.7. The van der Waals surface area contributed by atoms with Crippen molar-refractivity contribution in [3.8, 4) is 16.8 Å². The highest BCUT2D eigenvalue weighted by atomic mass is 32.2. The van der Waals surface area contributed by atoms with E-state index in [9.17, 15) is 23.1 Å². The summed E-state index contributed by atoms with van der Waals surface area (Å²) >= 11 is 0.947. The van der Waals surface area contributed by atoms with Gasteiger partial charge in [-0.3, -0.25) is 9.36 Å². The third-order valence-corrected chi connectivity index (χ3v) is 6.78. The zero-order chi connectivity index (χ0) is 21.5. The Labute approximate surface area is 176 Å². The van der Waals surface area contributed by atoms with Crippen molar-refractivity contribution in [2.24, 2.45) is 0 Å². The van der Waals surface area contributed by atoms with E-state index < -0.39 is 16.1 Å². The van der Waals surface area contributed by atoms with Gasteiger partial charge in [0.2, 0.25) is 10.0 Å². The van der Waals surface area contributed by atoms with E-state index in [2.05, 4.69) is 0 Å². The first kappa shape index (κ1) is 19.9. The predicted molar refractivity (Wildman–Crippen MR) is 118 cm³/mol. The summed E-state index contributed by atoms with van der Waals surface area (Å²) in [5.74, 6) is 0. The zero-order valence-electron chi connectivity index (χ0n) is 15.7. The first-order valence-corrected chi connectivity index (χ1v) is 11.5. The zero-order valence-corrected chi connectivity index (χ0v) is 17.4. The van der Waals surface area contributed by atoms with Crippen LogP contribution in [0.5, 0.6) is 0 Å². The van der Waals surface area contributed by atoms with Gasteiger partial charge in [-0.2, -0.15) is 4.31 Å². The van der Waals surface area contributed by atoms with Gasteiger partial charge in [0.1, 0.15) is 9.83 Å². The largest absolute Gasteiger partial charge is 0.464 e. The number of carbonyl (C=O) groups is 1. The van der Waals surface area contributed by atoms with Gasteiger partial charge in [0.05, 0.1) is 11.9 Å². The molecule has 4 aromatic rings. The number of anilines is 1. The molecule has 0 bridgehead atoms. The van der Waals surface area contributed by atoms with Gasteiger partial charge in [0.15, 0.2) is 0 Å². The fourth-order valence-corrected chi connectivity index (χ4v) is 5.73. The Morgan fingerprint density at radius 3 is 2.13 bits per heavy atom. The summed E-state index contributed by atoms with van der Waals surface area (Å²) in [6.45, 7) is 0. The van der Waals surface area contributed by atoms with Crippen LogP contribution in [0.4, 0.5) is 9.80 Å². The predicted octanol–water partition coefficient (Wildman–Crippen LogP) is 4.16. The third-order valence-electron chi connectivity index (χ3n) is 4.49. The Kier molecular flexibility index (Phi) is 4.92. The third kappa shape index (κ3) is 3.38. The number of para-hydroxylation sites is 1. The summed E-state index contributed by atoms with van der Waals surface area (Å²) in [5, 5.41) is 10.3. The Balaban J connectivity index is 2.17. The van der Waals surface area contributed by atoms with Crippen molar-refractivity contribution in [3.05, 3.63) is 83.2 Å². The number of pyridine rings is 1. The number of benzene rings is 2. The van der Waals surface area contributed by atoms with E-state index in [1.807, 2.05) is 12.1 Å². The van der Waals surface area contributed by atoms with Crippen LogP contribution in [-0.4, -0.2) is 30.4 Å². The van der Waals surface area contributed by atoms with Crippen molar-refractivity contribution in [1.29, 1.82) is 0 Å². The molecule has 2 heterocycles. The molecule has 1 N–H and O–H groups in total. The van der Waals surface area contributed by atoms with E-state index in [0.717, 1.165) is 17.6 Å². The molecule has 0 unspecified atom stereocenters. The number of hydrogen-bond acceptors (Lipinski definition) is 5. The molecule has 0 aliphatic carbocycles. The summed E-state index contributed by atoms with van der Waals surface area (Å²) in [4.78, 5) is 25.1. The number of amides is 1. The first-order chi connectivity index (χ1) is 14.3. The second kappa shape index (κ2) is 7.43. The highest BCUT2D eigenvalue weighted by Crippen LogP contribution is 2.45. The Hall–Kier alpha value is -3.43. The van der Waals surface area contributed by atoms with Crippen LogP contribution in [-0.2, 0) is 10.0 Å². The SMILES string of the molecule is CS(=O)(=O)N(C(=O)O)c1sc2c(ccc(=O)n2-c2ccccc2)c1-c1ccccc1. The van der Waals surface area contributed by atoms with Gasteiger partial charge in [-0.1, -0.05) is 59.9 Å². The van der Waals surface area contributed by atoms with Gasteiger partial charge in [-0.05, 0) is 23.8 Å². The van der Waals surface area contributed by atoms with Gasteiger partial charge in [0.25, 0.3) is 5.56 Å².